The van der Waals surface area contributed by atoms with Gasteiger partial charge in [0.1, 0.15) is 11.3 Å². The standard InChI is InChI=1S/C26H29ClN6/c27-20-10-6-17(7-11-20)18-8-12-21(13-9-18)29-15-14-22(19-4-2-1-3-5-19)23-16-24(28)30-26-25(23)31-33-32-26/h1-7,10-11,16,18,21-22,29H,8-9,12-15H2,(H3,28,30,31,32,33)/t18-,21+,22?. The molecule has 4 N–H and O–H groups in total. The Balaban J connectivity index is 1.25. The summed E-state index contributed by atoms with van der Waals surface area (Å²) in [6, 6.07) is 21.4. The number of rotatable bonds is 7. The van der Waals surface area contributed by atoms with Crippen molar-refractivity contribution in [1.82, 2.24) is 25.7 Å². The van der Waals surface area contributed by atoms with Crippen molar-refractivity contribution >= 4 is 28.6 Å². The molecule has 0 bridgehead atoms. The fourth-order valence-electron chi connectivity index (χ4n) is 5.13. The maximum atomic E-state index is 6.10. The topological polar surface area (TPSA) is 92.5 Å². The van der Waals surface area contributed by atoms with Gasteiger partial charge in [-0.15, -0.1) is 5.10 Å². The molecule has 0 aliphatic heterocycles. The molecule has 33 heavy (non-hydrogen) atoms. The number of pyridine rings is 1. The zero-order valence-electron chi connectivity index (χ0n) is 18.5. The van der Waals surface area contributed by atoms with E-state index in [0.717, 1.165) is 29.1 Å². The van der Waals surface area contributed by atoms with Crippen molar-refractivity contribution in [2.75, 3.05) is 12.3 Å². The summed E-state index contributed by atoms with van der Waals surface area (Å²) in [7, 11) is 0. The lowest BCUT2D eigenvalue weighted by atomic mass is 9.81. The van der Waals surface area contributed by atoms with Crippen LogP contribution in [0.2, 0.25) is 5.02 Å². The Morgan fingerprint density at radius 1 is 1.03 bits per heavy atom. The third-order valence-electron chi connectivity index (χ3n) is 6.86. The highest BCUT2D eigenvalue weighted by atomic mass is 35.5. The maximum Gasteiger partial charge on any atom is 0.178 e. The fourth-order valence-corrected chi connectivity index (χ4v) is 5.26. The summed E-state index contributed by atoms with van der Waals surface area (Å²) in [5.41, 5.74) is 11.3. The Morgan fingerprint density at radius 3 is 2.55 bits per heavy atom. The predicted octanol–water partition coefficient (Wildman–Crippen LogP) is 5.43. The summed E-state index contributed by atoms with van der Waals surface area (Å²) in [4.78, 5) is 4.34. The molecule has 2 aromatic carbocycles. The number of nitrogens with one attached hydrogen (secondary N) is 2. The molecule has 1 aliphatic carbocycles. The van der Waals surface area contributed by atoms with Crippen molar-refractivity contribution in [2.24, 2.45) is 0 Å². The number of aromatic amines is 1. The Morgan fingerprint density at radius 2 is 1.79 bits per heavy atom. The number of nitrogen functional groups attached to an aromatic ring is 1. The number of aromatic nitrogens is 4. The van der Waals surface area contributed by atoms with Crippen LogP contribution in [0.15, 0.2) is 60.7 Å². The molecule has 0 radical (unpaired) electrons. The van der Waals surface area contributed by atoms with Crippen molar-refractivity contribution in [3.8, 4) is 0 Å². The fraction of sp³-hybridized carbons (Fsp3) is 0.346. The van der Waals surface area contributed by atoms with Crippen LogP contribution in [0, 0.1) is 0 Å². The second kappa shape index (κ2) is 9.89. The summed E-state index contributed by atoms with van der Waals surface area (Å²) >= 11 is 6.05. The first-order valence-electron chi connectivity index (χ1n) is 11.7. The first kappa shape index (κ1) is 21.9. The van der Waals surface area contributed by atoms with Crippen LogP contribution in [-0.4, -0.2) is 33.0 Å². The second-order valence-electron chi connectivity index (χ2n) is 8.95. The van der Waals surface area contributed by atoms with Gasteiger partial charge < -0.3 is 11.1 Å². The molecule has 1 unspecified atom stereocenters. The van der Waals surface area contributed by atoms with Crippen molar-refractivity contribution in [3.05, 3.63) is 82.4 Å². The van der Waals surface area contributed by atoms with Crippen LogP contribution in [0.1, 0.15) is 60.6 Å². The average Bonchev–Trinajstić information content (AvgIpc) is 3.31. The summed E-state index contributed by atoms with van der Waals surface area (Å²) in [5.74, 6) is 1.29. The molecule has 0 amide bonds. The lowest BCUT2D eigenvalue weighted by Gasteiger charge is -2.30. The van der Waals surface area contributed by atoms with Crippen LogP contribution in [0.3, 0.4) is 0 Å². The molecule has 4 aromatic rings. The van der Waals surface area contributed by atoms with Gasteiger partial charge in [-0.3, -0.25) is 0 Å². The molecule has 1 aliphatic rings. The number of fused-ring (bicyclic) bond motifs is 1. The summed E-state index contributed by atoms with van der Waals surface area (Å²) in [6.45, 7) is 0.928. The number of H-pyrrole nitrogens is 1. The minimum Gasteiger partial charge on any atom is -0.384 e. The molecular weight excluding hydrogens is 432 g/mol. The van der Waals surface area contributed by atoms with E-state index in [0.29, 0.717) is 23.4 Å². The van der Waals surface area contributed by atoms with E-state index in [2.05, 4.69) is 62.1 Å². The van der Waals surface area contributed by atoms with Gasteiger partial charge in [-0.25, -0.2) is 10.1 Å². The van der Waals surface area contributed by atoms with Gasteiger partial charge in [0, 0.05) is 17.0 Å². The molecule has 2 aromatic heterocycles. The van der Waals surface area contributed by atoms with Gasteiger partial charge in [-0.2, -0.15) is 0 Å². The molecule has 0 spiro atoms. The summed E-state index contributed by atoms with van der Waals surface area (Å²) in [6.07, 6.45) is 5.76. The number of nitrogens with zero attached hydrogens (tertiary/aromatic N) is 3. The Bertz CT molecular complexity index is 1180. The smallest absolute Gasteiger partial charge is 0.178 e. The minimum absolute atomic E-state index is 0.169. The number of hydrogen-bond donors (Lipinski definition) is 3. The second-order valence-corrected chi connectivity index (χ2v) is 9.39. The van der Waals surface area contributed by atoms with E-state index in [4.69, 9.17) is 17.3 Å². The van der Waals surface area contributed by atoms with Gasteiger partial charge in [0.15, 0.2) is 5.65 Å². The first-order valence-corrected chi connectivity index (χ1v) is 12.1. The van der Waals surface area contributed by atoms with E-state index in [1.165, 1.54) is 36.8 Å². The first-order chi connectivity index (χ1) is 16.2. The normalized spacial score (nSPS) is 19.5. The molecule has 5 rings (SSSR count). The van der Waals surface area contributed by atoms with Gasteiger partial charge in [0.25, 0.3) is 0 Å². The summed E-state index contributed by atoms with van der Waals surface area (Å²) in [5, 5.41) is 15.7. The SMILES string of the molecule is Nc1cc(C(CCN[C@H]2CC[C@@H](c3ccc(Cl)cc3)CC2)c2ccccc2)c2nn[nH]c2n1. The molecule has 7 heteroatoms. The maximum absolute atomic E-state index is 6.10. The van der Waals surface area contributed by atoms with E-state index >= 15 is 0 Å². The van der Waals surface area contributed by atoms with Crippen molar-refractivity contribution in [2.45, 2.75) is 50.0 Å². The van der Waals surface area contributed by atoms with E-state index in [-0.39, 0.29) is 5.92 Å². The third kappa shape index (κ3) is 5.02. The third-order valence-corrected chi connectivity index (χ3v) is 7.11. The van der Waals surface area contributed by atoms with Crippen molar-refractivity contribution < 1.29 is 0 Å². The monoisotopic (exact) mass is 460 g/mol. The zero-order chi connectivity index (χ0) is 22.6. The molecule has 170 valence electrons. The molecular formula is C26H29ClN6. The van der Waals surface area contributed by atoms with Crippen LogP contribution in [0.5, 0.6) is 0 Å². The van der Waals surface area contributed by atoms with Gasteiger partial charge in [0.2, 0.25) is 0 Å². The Kier molecular flexibility index (Phi) is 6.55. The minimum atomic E-state index is 0.169. The molecule has 0 saturated heterocycles. The van der Waals surface area contributed by atoms with Gasteiger partial charge in [-0.05, 0) is 79.5 Å². The van der Waals surface area contributed by atoms with Crippen molar-refractivity contribution in [1.29, 1.82) is 0 Å². The molecule has 2 heterocycles. The number of nitrogens with two attached hydrogens (primary N) is 1. The lowest BCUT2D eigenvalue weighted by molar-refractivity contribution is 0.340. The highest BCUT2D eigenvalue weighted by molar-refractivity contribution is 6.30. The highest BCUT2D eigenvalue weighted by Gasteiger charge is 2.24. The van der Waals surface area contributed by atoms with E-state index in [1.54, 1.807) is 0 Å². The molecule has 1 atom stereocenters. The Labute approximate surface area is 199 Å². The van der Waals surface area contributed by atoms with E-state index < -0.39 is 0 Å². The van der Waals surface area contributed by atoms with Crippen LogP contribution >= 0.6 is 11.6 Å². The quantitative estimate of drug-likeness (QED) is 0.342. The van der Waals surface area contributed by atoms with Crippen LogP contribution in [0.25, 0.3) is 11.2 Å². The highest BCUT2D eigenvalue weighted by Crippen LogP contribution is 2.35. The van der Waals surface area contributed by atoms with Gasteiger partial charge in [-0.1, -0.05) is 59.3 Å². The van der Waals surface area contributed by atoms with Gasteiger partial charge >= 0.3 is 0 Å². The summed E-state index contributed by atoms with van der Waals surface area (Å²) < 4.78 is 0. The largest absolute Gasteiger partial charge is 0.384 e. The van der Waals surface area contributed by atoms with Crippen molar-refractivity contribution in [3.63, 3.8) is 0 Å². The number of anilines is 1. The number of hydrogen-bond acceptors (Lipinski definition) is 5. The predicted molar refractivity (Wildman–Crippen MR) is 133 cm³/mol. The zero-order valence-corrected chi connectivity index (χ0v) is 19.3. The average molecular weight is 461 g/mol. The van der Waals surface area contributed by atoms with E-state index in [1.807, 2.05) is 24.3 Å². The van der Waals surface area contributed by atoms with Crippen LogP contribution < -0.4 is 11.1 Å². The number of benzene rings is 2. The van der Waals surface area contributed by atoms with Crippen LogP contribution in [-0.2, 0) is 0 Å². The number of halogens is 1. The molecule has 6 nitrogen and oxygen atoms in total. The van der Waals surface area contributed by atoms with Gasteiger partial charge in [0.05, 0.1) is 0 Å². The molecule has 1 saturated carbocycles. The van der Waals surface area contributed by atoms with Crippen LogP contribution in [0.4, 0.5) is 5.82 Å². The van der Waals surface area contributed by atoms with E-state index in [9.17, 15) is 0 Å². The molecule has 1 fully saturated rings. The lowest BCUT2D eigenvalue weighted by Crippen LogP contribution is -2.34. The Hall–Kier alpha value is -2.96.